The van der Waals surface area contributed by atoms with E-state index < -0.39 is 15.6 Å². The molecule has 2 aromatic carbocycles. The third kappa shape index (κ3) is 3.89. The summed E-state index contributed by atoms with van der Waals surface area (Å²) in [5.41, 5.74) is -0.0907. The molecule has 0 aliphatic carbocycles. The van der Waals surface area contributed by atoms with Crippen molar-refractivity contribution < 1.29 is 18.3 Å². The van der Waals surface area contributed by atoms with Gasteiger partial charge in [0.15, 0.2) is 0 Å². The first-order valence-corrected chi connectivity index (χ1v) is 9.57. The summed E-state index contributed by atoms with van der Waals surface area (Å²) in [6, 6.07) is 13.8. The molecular formula is C17H18ClNO4S. The van der Waals surface area contributed by atoms with Crippen molar-refractivity contribution in [3.05, 3.63) is 64.7 Å². The molecule has 2 aromatic rings. The van der Waals surface area contributed by atoms with Gasteiger partial charge in [-0.15, -0.1) is 0 Å². The Bertz CT molecular complexity index is 840. The SMILES string of the molecule is O=S(=O)(Cc1cccc(Cl)c1)NCC1(O)CCOc2ccccc21. The van der Waals surface area contributed by atoms with E-state index >= 15 is 0 Å². The maximum absolute atomic E-state index is 12.3. The smallest absolute Gasteiger partial charge is 0.215 e. The van der Waals surface area contributed by atoms with Crippen LogP contribution in [-0.4, -0.2) is 26.7 Å². The van der Waals surface area contributed by atoms with Crippen molar-refractivity contribution in [2.45, 2.75) is 17.8 Å². The van der Waals surface area contributed by atoms with Gasteiger partial charge in [-0.3, -0.25) is 0 Å². The maximum Gasteiger partial charge on any atom is 0.215 e. The lowest BCUT2D eigenvalue weighted by Gasteiger charge is -2.34. The number of ether oxygens (including phenoxy) is 1. The van der Waals surface area contributed by atoms with Crippen molar-refractivity contribution in [3.8, 4) is 5.75 Å². The van der Waals surface area contributed by atoms with Crippen molar-refractivity contribution in [2.24, 2.45) is 0 Å². The second kappa shape index (κ2) is 6.72. The average Bonchev–Trinajstić information content (AvgIpc) is 2.53. The van der Waals surface area contributed by atoms with Crippen LogP contribution in [0.5, 0.6) is 5.75 Å². The number of para-hydroxylation sites is 1. The van der Waals surface area contributed by atoms with Gasteiger partial charge in [-0.05, 0) is 23.8 Å². The molecule has 0 radical (unpaired) electrons. The lowest BCUT2D eigenvalue weighted by Crippen LogP contribution is -2.44. The zero-order valence-electron chi connectivity index (χ0n) is 12.9. The number of sulfonamides is 1. The van der Waals surface area contributed by atoms with E-state index in [9.17, 15) is 13.5 Å². The molecule has 0 aromatic heterocycles. The van der Waals surface area contributed by atoms with Crippen LogP contribution >= 0.6 is 11.6 Å². The number of hydrogen-bond acceptors (Lipinski definition) is 4. The molecule has 3 rings (SSSR count). The van der Waals surface area contributed by atoms with Gasteiger partial charge in [0.05, 0.1) is 12.4 Å². The summed E-state index contributed by atoms with van der Waals surface area (Å²) in [7, 11) is -3.60. The minimum Gasteiger partial charge on any atom is -0.493 e. The molecule has 0 spiro atoms. The molecule has 5 nitrogen and oxygen atoms in total. The van der Waals surface area contributed by atoms with Crippen LogP contribution in [0.3, 0.4) is 0 Å². The highest BCUT2D eigenvalue weighted by Crippen LogP contribution is 2.36. The second-order valence-electron chi connectivity index (χ2n) is 5.84. The van der Waals surface area contributed by atoms with Crippen LogP contribution in [0.2, 0.25) is 5.02 Å². The largest absolute Gasteiger partial charge is 0.493 e. The van der Waals surface area contributed by atoms with Crippen molar-refractivity contribution in [1.29, 1.82) is 0 Å². The van der Waals surface area contributed by atoms with Gasteiger partial charge in [-0.25, -0.2) is 13.1 Å². The number of halogens is 1. The average molecular weight is 368 g/mol. The van der Waals surface area contributed by atoms with Crippen LogP contribution in [0.4, 0.5) is 0 Å². The van der Waals surface area contributed by atoms with E-state index in [1.54, 1.807) is 42.5 Å². The number of hydrogen-bond donors (Lipinski definition) is 2. The Balaban J connectivity index is 1.73. The van der Waals surface area contributed by atoms with Crippen molar-refractivity contribution in [2.75, 3.05) is 13.2 Å². The molecule has 1 atom stereocenters. The summed E-state index contributed by atoms with van der Waals surface area (Å²) in [6.07, 6.45) is 0.323. The van der Waals surface area contributed by atoms with E-state index in [0.717, 1.165) is 0 Å². The Morgan fingerprint density at radius 3 is 2.79 bits per heavy atom. The number of nitrogens with one attached hydrogen (secondary N) is 1. The quantitative estimate of drug-likeness (QED) is 0.851. The fourth-order valence-corrected chi connectivity index (χ4v) is 4.14. The van der Waals surface area contributed by atoms with E-state index in [1.807, 2.05) is 6.07 Å². The molecule has 0 saturated carbocycles. The molecule has 7 heteroatoms. The first kappa shape index (κ1) is 17.2. The van der Waals surface area contributed by atoms with E-state index in [4.69, 9.17) is 16.3 Å². The maximum atomic E-state index is 12.3. The van der Waals surface area contributed by atoms with Crippen LogP contribution in [0, 0.1) is 0 Å². The van der Waals surface area contributed by atoms with Gasteiger partial charge in [0, 0.05) is 23.6 Å². The van der Waals surface area contributed by atoms with Crippen LogP contribution in [-0.2, 0) is 21.4 Å². The minimum atomic E-state index is -3.60. The first-order valence-electron chi connectivity index (χ1n) is 7.54. The van der Waals surface area contributed by atoms with Gasteiger partial charge in [0.25, 0.3) is 0 Å². The molecule has 24 heavy (non-hydrogen) atoms. The molecule has 1 heterocycles. The molecule has 128 valence electrons. The Labute approximate surface area is 146 Å². The van der Waals surface area contributed by atoms with Crippen LogP contribution in [0.15, 0.2) is 48.5 Å². The monoisotopic (exact) mass is 367 g/mol. The number of aliphatic hydroxyl groups is 1. The summed E-state index contributed by atoms with van der Waals surface area (Å²) in [5.74, 6) is 0.391. The lowest BCUT2D eigenvalue weighted by molar-refractivity contribution is 0.00218. The fraction of sp³-hybridized carbons (Fsp3) is 0.294. The third-order valence-corrected chi connectivity index (χ3v) is 5.52. The van der Waals surface area contributed by atoms with Crippen LogP contribution in [0.25, 0.3) is 0 Å². The Hall–Kier alpha value is -1.60. The molecule has 1 aliphatic rings. The predicted octanol–water partition coefficient (Wildman–Crippen LogP) is 2.43. The zero-order valence-corrected chi connectivity index (χ0v) is 14.5. The zero-order chi connectivity index (χ0) is 17.2. The fourth-order valence-electron chi connectivity index (χ4n) is 2.75. The van der Waals surface area contributed by atoms with Gasteiger partial charge in [-0.1, -0.05) is 41.9 Å². The number of rotatable bonds is 5. The number of fused-ring (bicyclic) bond motifs is 1. The molecule has 0 amide bonds. The highest BCUT2D eigenvalue weighted by molar-refractivity contribution is 7.88. The molecular weight excluding hydrogens is 350 g/mol. The highest BCUT2D eigenvalue weighted by atomic mass is 35.5. The topological polar surface area (TPSA) is 75.6 Å². The summed E-state index contributed by atoms with van der Waals surface area (Å²) in [4.78, 5) is 0. The molecule has 0 bridgehead atoms. The van der Waals surface area contributed by atoms with Crippen LogP contribution < -0.4 is 9.46 Å². The lowest BCUT2D eigenvalue weighted by atomic mass is 9.88. The molecule has 0 fully saturated rings. The molecule has 2 N–H and O–H groups in total. The summed E-state index contributed by atoms with van der Waals surface area (Å²) < 4.78 is 32.6. The van der Waals surface area contributed by atoms with Crippen molar-refractivity contribution >= 4 is 21.6 Å². The van der Waals surface area contributed by atoms with Gasteiger partial charge >= 0.3 is 0 Å². The highest BCUT2D eigenvalue weighted by Gasteiger charge is 2.36. The van der Waals surface area contributed by atoms with Gasteiger partial charge in [-0.2, -0.15) is 0 Å². The molecule has 0 saturated heterocycles. The van der Waals surface area contributed by atoms with Gasteiger partial charge in [0.1, 0.15) is 11.4 Å². The Morgan fingerprint density at radius 2 is 2.00 bits per heavy atom. The molecule has 1 unspecified atom stereocenters. The second-order valence-corrected chi connectivity index (χ2v) is 8.08. The standard InChI is InChI=1S/C17H18ClNO4S/c18-14-5-3-4-13(10-14)11-24(21,22)19-12-17(20)8-9-23-16-7-2-1-6-15(16)17/h1-7,10,19-20H,8-9,11-12H2. The van der Waals surface area contributed by atoms with Crippen LogP contribution in [0.1, 0.15) is 17.5 Å². The Morgan fingerprint density at radius 1 is 1.21 bits per heavy atom. The Kier molecular flexibility index (Phi) is 4.83. The normalized spacial score (nSPS) is 20.2. The van der Waals surface area contributed by atoms with E-state index in [-0.39, 0.29) is 12.3 Å². The van der Waals surface area contributed by atoms with E-state index in [0.29, 0.717) is 34.9 Å². The van der Waals surface area contributed by atoms with E-state index in [1.165, 1.54) is 0 Å². The van der Waals surface area contributed by atoms with Crippen molar-refractivity contribution in [3.63, 3.8) is 0 Å². The third-order valence-electron chi connectivity index (χ3n) is 3.99. The van der Waals surface area contributed by atoms with Crippen molar-refractivity contribution in [1.82, 2.24) is 4.72 Å². The summed E-state index contributed by atoms with van der Waals surface area (Å²) >= 11 is 5.88. The minimum absolute atomic E-state index is 0.101. The van der Waals surface area contributed by atoms with Gasteiger partial charge in [0.2, 0.25) is 10.0 Å². The predicted molar refractivity (Wildman–Crippen MR) is 92.5 cm³/mol. The summed E-state index contributed by atoms with van der Waals surface area (Å²) in [6.45, 7) is 0.236. The molecule has 1 aliphatic heterocycles. The first-order chi connectivity index (χ1) is 11.4. The number of benzene rings is 2. The summed E-state index contributed by atoms with van der Waals surface area (Å²) in [5, 5.41) is 11.4. The van der Waals surface area contributed by atoms with Gasteiger partial charge < -0.3 is 9.84 Å². The van der Waals surface area contributed by atoms with E-state index in [2.05, 4.69) is 4.72 Å².